The van der Waals surface area contributed by atoms with E-state index in [0.717, 1.165) is 25.3 Å². The molecule has 2 aromatic rings. The third-order valence-electron chi connectivity index (χ3n) is 2.82. The Bertz CT molecular complexity index is 487. The summed E-state index contributed by atoms with van der Waals surface area (Å²) in [5.41, 5.74) is 1.37. The number of benzene rings is 2. The van der Waals surface area contributed by atoms with Crippen molar-refractivity contribution >= 4 is 27.7 Å². The van der Waals surface area contributed by atoms with Crippen LogP contribution >= 0.6 is 27.7 Å². The lowest BCUT2D eigenvalue weighted by Gasteiger charge is -2.06. The van der Waals surface area contributed by atoms with E-state index in [-0.39, 0.29) is 0 Å². The number of thioether (sulfide) groups is 1. The first-order valence-corrected chi connectivity index (χ1v) is 8.26. The summed E-state index contributed by atoms with van der Waals surface area (Å²) in [4.78, 5) is 1.34. The molecular formula is C16H18BrNS. The predicted molar refractivity (Wildman–Crippen MR) is 87.9 cm³/mol. The Morgan fingerprint density at radius 1 is 0.895 bits per heavy atom. The summed E-state index contributed by atoms with van der Waals surface area (Å²) >= 11 is 5.48. The standard InChI is InChI=1S/C16H18BrNS/c17-16-9-5-4-6-14(16)10-11-18-12-13-19-15-7-2-1-3-8-15/h1-9,18H,10-13H2. The van der Waals surface area contributed by atoms with Crippen molar-refractivity contribution < 1.29 is 0 Å². The zero-order valence-corrected chi connectivity index (χ0v) is 13.2. The van der Waals surface area contributed by atoms with Gasteiger partial charge < -0.3 is 5.32 Å². The van der Waals surface area contributed by atoms with Crippen LogP contribution in [0.5, 0.6) is 0 Å². The SMILES string of the molecule is Brc1ccccc1CCNCCSc1ccccc1. The van der Waals surface area contributed by atoms with Gasteiger partial charge in [-0.15, -0.1) is 11.8 Å². The fourth-order valence-electron chi connectivity index (χ4n) is 1.81. The molecule has 0 saturated carbocycles. The van der Waals surface area contributed by atoms with Gasteiger partial charge in [0.15, 0.2) is 0 Å². The second-order valence-corrected chi connectivity index (χ2v) is 6.28. The molecule has 0 aliphatic carbocycles. The van der Waals surface area contributed by atoms with Crippen LogP contribution in [-0.2, 0) is 6.42 Å². The van der Waals surface area contributed by atoms with Gasteiger partial charge in [0.2, 0.25) is 0 Å². The van der Waals surface area contributed by atoms with Gasteiger partial charge in [-0.3, -0.25) is 0 Å². The second-order valence-electron chi connectivity index (χ2n) is 4.25. The molecule has 0 aliphatic heterocycles. The maximum atomic E-state index is 3.58. The largest absolute Gasteiger partial charge is 0.316 e. The van der Waals surface area contributed by atoms with Gasteiger partial charge in [-0.25, -0.2) is 0 Å². The summed E-state index contributed by atoms with van der Waals surface area (Å²) in [6.45, 7) is 2.07. The molecule has 1 N–H and O–H groups in total. The molecule has 0 atom stereocenters. The van der Waals surface area contributed by atoms with E-state index in [0.29, 0.717) is 0 Å². The number of rotatable bonds is 7. The van der Waals surface area contributed by atoms with Crippen molar-refractivity contribution in [3.63, 3.8) is 0 Å². The lowest BCUT2D eigenvalue weighted by atomic mass is 10.1. The van der Waals surface area contributed by atoms with E-state index in [9.17, 15) is 0 Å². The van der Waals surface area contributed by atoms with Crippen LogP contribution in [0.3, 0.4) is 0 Å². The summed E-state index contributed by atoms with van der Waals surface area (Å²) in [6, 6.07) is 19.0. The van der Waals surface area contributed by atoms with E-state index in [1.807, 2.05) is 11.8 Å². The second kappa shape index (κ2) is 8.41. The molecule has 2 rings (SSSR count). The zero-order valence-electron chi connectivity index (χ0n) is 10.8. The Hall–Kier alpha value is -0.770. The van der Waals surface area contributed by atoms with E-state index < -0.39 is 0 Å². The first kappa shape index (κ1) is 14.6. The molecule has 0 bridgehead atoms. The Morgan fingerprint density at radius 3 is 2.42 bits per heavy atom. The summed E-state index contributed by atoms with van der Waals surface area (Å²) in [6.07, 6.45) is 1.07. The third kappa shape index (κ3) is 5.39. The van der Waals surface area contributed by atoms with Crippen molar-refractivity contribution in [2.75, 3.05) is 18.8 Å². The van der Waals surface area contributed by atoms with Gasteiger partial charge in [-0.2, -0.15) is 0 Å². The smallest absolute Gasteiger partial charge is 0.0207 e. The molecule has 0 heterocycles. The molecule has 0 fully saturated rings. The quantitative estimate of drug-likeness (QED) is 0.595. The van der Waals surface area contributed by atoms with Gasteiger partial charge in [-0.1, -0.05) is 52.3 Å². The molecule has 2 aromatic carbocycles. The average molecular weight is 336 g/mol. The Balaban J connectivity index is 1.59. The van der Waals surface area contributed by atoms with Crippen molar-refractivity contribution in [3.8, 4) is 0 Å². The summed E-state index contributed by atoms with van der Waals surface area (Å²) < 4.78 is 1.20. The molecule has 0 spiro atoms. The van der Waals surface area contributed by atoms with Crippen LogP contribution in [0, 0.1) is 0 Å². The molecule has 1 nitrogen and oxygen atoms in total. The van der Waals surface area contributed by atoms with E-state index in [1.54, 1.807) is 0 Å². The van der Waals surface area contributed by atoms with Crippen LogP contribution in [0.1, 0.15) is 5.56 Å². The monoisotopic (exact) mass is 335 g/mol. The zero-order chi connectivity index (χ0) is 13.3. The fourth-order valence-corrected chi connectivity index (χ4v) is 3.12. The van der Waals surface area contributed by atoms with Crippen LogP contribution in [0.15, 0.2) is 64.0 Å². The van der Waals surface area contributed by atoms with Crippen molar-refractivity contribution in [1.29, 1.82) is 0 Å². The minimum absolute atomic E-state index is 1.03. The first-order chi connectivity index (χ1) is 9.36. The topological polar surface area (TPSA) is 12.0 Å². The number of hydrogen-bond donors (Lipinski definition) is 1. The van der Waals surface area contributed by atoms with Gasteiger partial charge in [0, 0.05) is 21.7 Å². The Kier molecular flexibility index (Phi) is 6.48. The number of halogens is 1. The first-order valence-electron chi connectivity index (χ1n) is 6.48. The highest BCUT2D eigenvalue weighted by Crippen LogP contribution is 2.17. The van der Waals surface area contributed by atoms with Crippen LogP contribution in [0.4, 0.5) is 0 Å². The lowest BCUT2D eigenvalue weighted by Crippen LogP contribution is -2.20. The van der Waals surface area contributed by atoms with Crippen LogP contribution < -0.4 is 5.32 Å². The third-order valence-corrected chi connectivity index (χ3v) is 4.61. The number of nitrogens with one attached hydrogen (secondary N) is 1. The fraction of sp³-hybridized carbons (Fsp3) is 0.250. The minimum atomic E-state index is 1.03. The Labute approximate surface area is 127 Å². The molecule has 100 valence electrons. The summed E-state index contributed by atoms with van der Waals surface area (Å²) in [5, 5.41) is 3.49. The summed E-state index contributed by atoms with van der Waals surface area (Å²) in [7, 11) is 0. The molecule has 0 radical (unpaired) electrons. The Morgan fingerprint density at radius 2 is 1.63 bits per heavy atom. The molecule has 0 unspecified atom stereocenters. The molecule has 0 aromatic heterocycles. The van der Waals surface area contributed by atoms with E-state index in [2.05, 4.69) is 75.8 Å². The van der Waals surface area contributed by atoms with Gasteiger partial charge in [-0.05, 0) is 36.7 Å². The van der Waals surface area contributed by atoms with Gasteiger partial charge >= 0.3 is 0 Å². The lowest BCUT2D eigenvalue weighted by molar-refractivity contribution is 0.720. The van der Waals surface area contributed by atoms with E-state index in [4.69, 9.17) is 0 Å². The van der Waals surface area contributed by atoms with Crippen molar-refractivity contribution in [3.05, 3.63) is 64.6 Å². The highest BCUT2D eigenvalue weighted by molar-refractivity contribution is 9.10. The van der Waals surface area contributed by atoms with E-state index >= 15 is 0 Å². The van der Waals surface area contributed by atoms with Crippen molar-refractivity contribution in [2.24, 2.45) is 0 Å². The van der Waals surface area contributed by atoms with Gasteiger partial charge in [0.05, 0.1) is 0 Å². The molecule has 19 heavy (non-hydrogen) atoms. The van der Waals surface area contributed by atoms with E-state index in [1.165, 1.54) is 14.9 Å². The summed E-state index contributed by atoms with van der Waals surface area (Å²) in [5.74, 6) is 1.11. The maximum absolute atomic E-state index is 3.58. The van der Waals surface area contributed by atoms with Gasteiger partial charge in [0.25, 0.3) is 0 Å². The molecule has 0 amide bonds. The molecule has 3 heteroatoms. The van der Waals surface area contributed by atoms with Gasteiger partial charge in [0.1, 0.15) is 0 Å². The highest BCUT2D eigenvalue weighted by Gasteiger charge is 1.98. The van der Waals surface area contributed by atoms with Crippen molar-refractivity contribution in [2.45, 2.75) is 11.3 Å². The highest BCUT2D eigenvalue weighted by atomic mass is 79.9. The number of hydrogen-bond acceptors (Lipinski definition) is 2. The average Bonchev–Trinajstić information content (AvgIpc) is 2.45. The minimum Gasteiger partial charge on any atom is -0.316 e. The van der Waals surface area contributed by atoms with Crippen molar-refractivity contribution in [1.82, 2.24) is 5.32 Å². The maximum Gasteiger partial charge on any atom is 0.0207 e. The van der Waals surface area contributed by atoms with Crippen LogP contribution in [-0.4, -0.2) is 18.8 Å². The van der Waals surface area contributed by atoms with Crippen LogP contribution in [0.2, 0.25) is 0 Å². The predicted octanol–water partition coefficient (Wildman–Crippen LogP) is 4.37. The molecular weight excluding hydrogens is 318 g/mol. The molecule has 0 aliphatic rings. The van der Waals surface area contributed by atoms with Crippen LogP contribution in [0.25, 0.3) is 0 Å². The molecule has 0 saturated heterocycles. The normalized spacial score (nSPS) is 10.6.